The minimum atomic E-state index is 0.246. The molecular formula is C25H27N5O2. The average molecular weight is 430 g/mol. The molecule has 7 nitrogen and oxygen atoms in total. The number of ether oxygens (including phenoxy) is 2. The Morgan fingerprint density at radius 3 is 2.19 bits per heavy atom. The van der Waals surface area contributed by atoms with E-state index in [0.717, 1.165) is 12.1 Å². The van der Waals surface area contributed by atoms with Crippen molar-refractivity contribution in [2.75, 3.05) is 18.9 Å². The lowest BCUT2D eigenvalue weighted by Gasteiger charge is -2.45. The number of nitrogen functional groups attached to an aromatic ring is 1. The zero-order chi connectivity index (χ0) is 21.8. The summed E-state index contributed by atoms with van der Waals surface area (Å²) in [7, 11) is 0. The molecule has 3 unspecified atom stereocenters. The fraction of sp³-hybridized carbons (Fsp3) is 0.320. The molecule has 1 aliphatic rings. The van der Waals surface area contributed by atoms with Gasteiger partial charge in [-0.15, -0.1) is 0 Å². The van der Waals surface area contributed by atoms with Crippen LogP contribution in [0.5, 0.6) is 0 Å². The van der Waals surface area contributed by atoms with Crippen molar-refractivity contribution >= 4 is 17.0 Å². The highest BCUT2D eigenvalue weighted by molar-refractivity contribution is 5.81. The highest BCUT2D eigenvalue weighted by Crippen LogP contribution is 2.45. The molecule has 164 valence electrons. The third-order valence-corrected chi connectivity index (χ3v) is 6.25. The van der Waals surface area contributed by atoms with E-state index in [2.05, 4.69) is 43.8 Å². The van der Waals surface area contributed by atoms with Crippen LogP contribution in [0.4, 0.5) is 5.82 Å². The topological polar surface area (TPSA) is 88.1 Å². The van der Waals surface area contributed by atoms with Crippen LogP contribution in [0.15, 0.2) is 73.3 Å². The maximum Gasteiger partial charge on any atom is 0.165 e. The monoisotopic (exact) mass is 429 g/mol. The fourth-order valence-corrected chi connectivity index (χ4v) is 4.44. The lowest BCUT2D eigenvalue weighted by molar-refractivity contribution is -0.0562. The van der Waals surface area contributed by atoms with Crippen LogP contribution in [0.1, 0.15) is 23.6 Å². The van der Waals surface area contributed by atoms with E-state index in [4.69, 9.17) is 15.2 Å². The molecule has 1 fully saturated rings. The summed E-state index contributed by atoms with van der Waals surface area (Å²) in [6.45, 7) is 2.58. The highest BCUT2D eigenvalue weighted by atomic mass is 16.5. The van der Waals surface area contributed by atoms with E-state index >= 15 is 0 Å². The van der Waals surface area contributed by atoms with E-state index in [1.807, 2.05) is 42.7 Å². The zero-order valence-electron chi connectivity index (χ0n) is 17.9. The largest absolute Gasteiger partial charge is 0.382 e. The van der Waals surface area contributed by atoms with Crippen molar-refractivity contribution in [1.82, 2.24) is 19.5 Å². The maximum atomic E-state index is 6.14. The molecule has 0 saturated heterocycles. The molecule has 0 amide bonds. The quantitative estimate of drug-likeness (QED) is 0.432. The van der Waals surface area contributed by atoms with Gasteiger partial charge in [0.15, 0.2) is 11.5 Å². The molecule has 0 bridgehead atoms. The van der Waals surface area contributed by atoms with E-state index in [1.165, 1.54) is 17.5 Å². The molecule has 2 aromatic carbocycles. The summed E-state index contributed by atoms with van der Waals surface area (Å²) >= 11 is 0. The van der Waals surface area contributed by atoms with E-state index in [0.29, 0.717) is 49.6 Å². The smallest absolute Gasteiger partial charge is 0.165 e. The Morgan fingerprint density at radius 1 is 0.844 bits per heavy atom. The van der Waals surface area contributed by atoms with Gasteiger partial charge in [0.25, 0.3) is 0 Å². The molecule has 4 aromatic rings. The third kappa shape index (κ3) is 4.35. The van der Waals surface area contributed by atoms with Crippen molar-refractivity contribution in [3.8, 4) is 0 Å². The second kappa shape index (κ2) is 9.46. The minimum Gasteiger partial charge on any atom is -0.382 e. The number of hydrogen-bond acceptors (Lipinski definition) is 6. The summed E-state index contributed by atoms with van der Waals surface area (Å²) in [6.07, 6.45) is 4.31. The molecule has 0 aliphatic heterocycles. The fourth-order valence-electron chi connectivity index (χ4n) is 4.44. The highest BCUT2D eigenvalue weighted by Gasteiger charge is 2.43. The van der Waals surface area contributed by atoms with E-state index in [1.54, 1.807) is 0 Å². The van der Waals surface area contributed by atoms with E-state index in [9.17, 15) is 0 Å². The van der Waals surface area contributed by atoms with Crippen molar-refractivity contribution in [2.24, 2.45) is 11.8 Å². The first-order valence-corrected chi connectivity index (χ1v) is 11.0. The molecule has 3 atom stereocenters. The van der Waals surface area contributed by atoms with Gasteiger partial charge in [-0.25, -0.2) is 15.0 Å². The Labute approximate surface area is 187 Å². The summed E-state index contributed by atoms with van der Waals surface area (Å²) in [5.74, 6) is 1.13. The second-order valence-electron chi connectivity index (χ2n) is 8.31. The van der Waals surface area contributed by atoms with Crippen molar-refractivity contribution < 1.29 is 9.47 Å². The lowest BCUT2D eigenvalue weighted by Crippen LogP contribution is -2.43. The standard InChI is InChI=1S/C25H27N5O2/c26-24-23-25(28-16-27-24)30(17-29-23)22-11-20(14-31-12-18-7-3-1-4-8-18)21(22)15-32-13-19-9-5-2-6-10-19/h1-10,16-17,20-22H,11-15H2,(H2,26,27,28). The molecule has 0 radical (unpaired) electrons. The molecule has 32 heavy (non-hydrogen) atoms. The number of hydrogen-bond donors (Lipinski definition) is 1. The Morgan fingerprint density at radius 2 is 1.50 bits per heavy atom. The van der Waals surface area contributed by atoms with Crippen LogP contribution in [0, 0.1) is 11.8 Å². The number of aromatic nitrogens is 4. The molecule has 0 spiro atoms. The predicted octanol–water partition coefficient (Wildman–Crippen LogP) is 4.02. The van der Waals surface area contributed by atoms with Gasteiger partial charge >= 0.3 is 0 Å². The van der Waals surface area contributed by atoms with Gasteiger partial charge in [0, 0.05) is 12.0 Å². The van der Waals surface area contributed by atoms with E-state index < -0.39 is 0 Å². The van der Waals surface area contributed by atoms with Crippen molar-refractivity contribution in [1.29, 1.82) is 0 Å². The maximum absolute atomic E-state index is 6.14. The van der Waals surface area contributed by atoms with E-state index in [-0.39, 0.29) is 6.04 Å². The van der Waals surface area contributed by atoms with Gasteiger partial charge in [0.05, 0.1) is 32.8 Å². The number of rotatable bonds is 9. The van der Waals surface area contributed by atoms with Crippen LogP contribution in [0.25, 0.3) is 11.2 Å². The van der Waals surface area contributed by atoms with Gasteiger partial charge in [0.2, 0.25) is 0 Å². The molecule has 1 saturated carbocycles. The summed E-state index contributed by atoms with van der Waals surface area (Å²) in [5.41, 5.74) is 9.78. The first kappa shape index (κ1) is 20.6. The van der Waals surface area contributed by atoms with Crippen molar-refractivity contribution in [2.45, 2.75) is 25.7 Å². The Bertz CT molecular complexity index is 1150. The number of imidazole rings is 1. The Balaban J connectivity index is 1.27. The molecule has 2 N–H and O–H groups in total. The van der Waals surface area contributed by atoms with Gasteiger partial charge in [-0.2, -0.15) is 0 Å². The van der Waals surface area contributed by atoms with Crippen LogP contribution < -0.4 is 5.73 Å². The molecule has 1 aliphatic carbocycles. The second-order valence-corrected chi connectivity index (χ2v) is 8.31. The molecule has 2 heterocycles. The Kier molecular flexibility index (Phi) is 6.09. The predicted molar refractivity (Wildman–Crippen MR) is 123 cm³/mol. The van der Waals surface area contributed by atoms with Gasteiger partial charge in [0.1, 0.15) is 11.8 Å². The first-order chi connectivity index (χ1) is 15.8. The zero-order valence-corrected chi connectivity index (χ0v) is 17.9. The minimum absolute atomic E-state index is 0.246. The molecular weight excluding hydrogens is 402 g/mol. The summed E-state index contributed by atoms with van der Waals surface area (Å²) in [5, 5.41) is 0. The normalized spacial score (nSPS) is 20.3. The summed E-state index contributed by atoms with van der Waals surface area (Å²) in [6, 6.07) is 20.8. The van der Waals surface area contributed by atoms with Crippen molar-refractivity contribution in [3.05, 3.63) is 84.4 Å². The Hall–Kier alpha value is -3.29. The SMILES string of the molecule is Nc1ncnc2c1ncn2C1CC(COCc2ccccc2)C1COCc1ccccc1. The van der Waals surface area contributed by atoms with Gasteiger partial charge < -0.3 is 19.8 Å². The van der Waals surface area contributed by atoms with Crippen LogP contribution in [-0.2, 0) is 22.7 Å². The van der Waals surface area contributed by atoms with Gasteiger partial charge in [-0.3, -0.25) is 0 Å². The molecule has 5 rings (SSSR count). The third-order valence-electron chi connectivity index (χ3n) is 6.25. The van der Waals surface area contributed by atoms with Crippen LogP contribution in [-0.4, -0.2) is 32.7 Å². The van der Waals surface area contributed by atoms with Crippen LogP contribution in [0.3, 0.4) is 0 Å². The first-order valence-electron chi connectivity index (χ1n) is 11.0. The van der Waals surface area contributed by atoms with Gasteiger partial charge in [-0.05, 0) is 23.5 Å². The molecule has 7 heteroatoms. The van der Waals surface area contributed by atoms with Gasteiger partial charge in [-0.1, -0.05) is 60.7 Å². The number of anilines is 1. The number of nitrogens with two attached hydrogens (primary N) is 1. The number of benzene rings is 2. The molecule has 2 aromatic heterocycles. The number of nitrogens with zero attached hydrogens (tertiary/aromatic N) is 4. The average Bonchev–Trinajstić information content (AvgIpc) is 3.25. The lowest BCUT2D eigenvalue weighted by atomic mass is 9.69. The van der Waals surface area contributed by atoms with Crippen molar-refractivity contribution in [3.63, 3.8) is 0 Å². The summed E-state index contributed by atoms with van der Waals surface area (Å²) in [4.78, 5) is 12.9. The summed E-state index contributed by atoms with van der Waals surface area (Å²) < 4.78 is 14.3. The van der Waals surface area contributed by atoms with Crippen LogP contribution >= 0.6 is 0 Å². The number of fused-ring (bicyclic) bond motifs is 1. The van der Waals surface area contributed by atoms with Crippen LogP contribution in [0.2, 0.25) is 0 Å².